The van der Waals surface area contributed by atoms with Crippen LogP contribution in [-0.2, 0) is 15.9 Å². The summed E-state index contributed by atoms with van der Waals surface area (Å²) < 4.78 is 30.6. The number of pyridine rings is 1. The van der Waals surface area contributed by atoms with Crippen LogP contribution in [0.1, 0.15) is 5.56 Å². The molecule has 1 aromatic heterocycles. The number of rotatable bonds is 4. The number of fused-ring (bicyclic) bond motifs is 1. The Morgan fingerprint density at radius 1 is 1.00 bits per heavy atom. The number of benzene rings is 2. The van der Waals surface area contributed by atoms with E-state index in [4.69, 9.17) is 4.18 Å². The lowest BCUT2D eigenvalue weighted by molar-refractivity contribution is 0.487. The van der Waals surface area contributed by atoms with E-state index in [-0.39, 0.29) is 11.5 Å². The molecule has 3 rings (SSSR count). The Hall–Kier alpha value is -1.92. The maximum atomic E-state index is 12.2. The second kappa shape index (κ2) is 6.06. The number of nitrogens with zero attached hydrogens (tertiary/aromatic N) is 1. The molecule has 0 spiro atoms. The minimum absolute atomic E-state index is 0.191. The predicted octanol–water partition coefficient (Wildman–Crippen LogP) is 3.91. The first-order valence-corrected chi connectivity index (χ1v) is 8.91. The monoisotopic (exact) mass is 377 g/mol. The van der Waals surface area contributed by atoms with E-state index in [2.05, 4.69) is 20.9 Å². The summed E-state index contributed by atoms with van der Waals surface area (Å²) in [5.41, 5.74) is 1.20. The largest absolute Gasteiger partial charge is 0.380 e. The molecule has 0 aliphatic heterocycles. The highest BCUT2D eigenvalue weighted by Crippen LogP contribution is 2.25. The molecule has 0 saturated heterocycles. The summed E-state index contributed by atoms with van der Waals surface area (Å²) in [6.07, 6.45) is 1.61. The summed E-state index contributed by atoms with van der Waals surface area (Å²) in [6.45, 7) is 0. The van der Waals surface area contributed by atoms with Gasteiger partial charge in [0.05, 0.1) is 0 Å². The minimum Gasteiger partial charge on any atom is -0.380 e. The lowest BCUT2D eigenvalue weighted by atomic mass is 10.2. The fourth-order valence-electron chi connectivity index (χ4n) is 2.09. The molecule has 4 nitrogen and oxygen atoms in total. The number of hydrogen-bond donors (Lipinski definition) is 0. The van der Waals surface area contributed by atoms with Crippen molar-refractivity contribution in [2.45, 2.75) is 5.75 Å². The van der Waals surface area contributed by atoms with Gasteiger partial charge in [-0.25, -0.2) is 0 Å². The highest BCUT2D eigenvalue weighted by atomic mass is 79.9. The van der Waals surface area contributed by atoms with Crippen molar-refractivity contribution in [1.29, 1.82) is 0 Å². The third-order valence-corrected chi connectivity index (χ3v) is 4.72. The fraction of sp³-hybridized carbons (Fsp3) is 0.0625. The zero-order valence-corrected chi connectivity index (χ0v) is 13.8. The Morgan fingerprint density at radius 3 is 2.50 bits per heavy atom. The lowest BCUT2D eigenvalue weighted by Crippen LogP contribution is -2.12. The summed E-state index contributed by atoms with van der Waals surface area (Å²) in [5.74, 6) is 0.0546. The van der Waals surface area contributed by atoms with Crippen molar-refractivity contribution in [1.82, 2.24) is 4.98 Å². The van der Waals surface area contributed by atoms with Crippen LogP contribution in [0.4, 0.5) is 0 Å². The minimum atomic E-state index is -3.75. The summed E-state index contributed by atoms with van der Waals surface area (Å²) in [6, 6.07) is 15.9. The molecule has 0 unspecified atom stereocenters. The van der Waals surface area contributed by atoms with Crippen molar-refractivity contribution in [3.8, 4) is 5.75 Å². The van der Waals surface area contributed by atoms with Crippen molar-refractivity contribution < 1.29 is 12.6 Å². The SMILES string of the molecule is O=S(=O)(Cc1ccc(Br)cc1)Oc1cccc2cccnc12. The molecular weight excluding hydrogens is 366 g/mol. The molecular formula is C16H12BrNO3S. The number of hydrogen-bond acceptors (Lipinski definition) is 4. The second-order valence-electron chi connectivity index (χ2n) is 4.74. The predicted molar refractivity (Wildman–Crippen MR) is 89.1 cm³/mol. The molecule has 22 heavy (non-hydrogen) atoms. The van der Waals surface area contributed by atoms with Gasteiger partial charge in [0.25, 0.3) is 0 Å². The molecule has 0 aliphatic carbocycles. The zero-order valence-electron chi connectivity index (χ0n) is 11.4. The van der Waals surface area contributed by atoms with Gasteiger partial charge in [-0.15, -0.1) is 0 Å². The van der Waals surface area contributed by atoms with Gasteiger partial charge in [0.15, 0.2) is 5.75 Å². The molecule has 0 amide bonds. The fourth-order valence-corrected chi connectivity index (χ4v) is 3.43. The first kappa shape index (κ1) is 15.0. The van der Waals surface area contributed by atoms with Crippen molar-refractivity contribution in [3.63, 3.8) is 0 Å². The van der Waals surface area contributed by atoms with Crippen molar-refractivity contribution >= 4 is 37.0 Å². The van der Waals surface area contributed by atoms with Gasteiger partial charge in [-0.2, -0.15) is 8.42 Å². The van der Waals surface area contributed by atoms with Crippen LogP contribution in [0.5, 0.6) is 5.75 Å². The lowest BCUT2D eigenvalue weighted by Gasteiger charge is -2.09. The highest BCUT2D eigenvalue weighted by molar-refractivity contribution is 9.10. The van der Waals surface area contributed by atoms with Crippen molar-refractivity contribution in [3.05, 3.63) is 70.8 Å². The van der Waals surface area contributed by atoms with Crippen molar-refractivity contribution in [2.24, 2.45) is 0 Å². The first-order valence-electron chi connectivity index (χ1n) is 6.54. The van der Waals surface area contributed by atoms with E-state index in [9.17, 15) is 8.42 Å². The first-order chi connectivity index (χ1) is 10.5. The average molecular weight is 378 g/mol. The molecule has 0 N–H and O–H groups in total. The van der Waals surface area contributed by atoms with Gasteiger partial charge in [-0.05, 0) is 29.8 Å². The normalized spacial score (nSPS) is 11.5. The molecule has 6 heteroatoms. The van der Waals surface area contributed by atoms with E-state index < -0.39 is 10.1 Å². The third kappa shape index (κ3) is 3.45. The van der Waals surface area contributed by atoms with Crippen LogP contribution < -0.4 is 4.18 Å². The molecule has 1 heterocycles. The molecule has 2 aromatic carbocycles. The zero-order chi connectivity index (χ0) is 15.6. The standard InChI is InChI=1S/C16H12BrNO3S/c17-14-8-6-12(7-9-14)11-22(19,20)21-15-5-1-3-13-4-2-10-18-16(13)15/h1-10H,11H2. The molecule has 0 fully saturated rings. The van der Waals surface area contributed by atoms with Crippen LogP contribution in [0.15, 0.2) is 65.3 Å². The molecule has 0 saturated carbocycles. The van der Waals surface area contributed by atoms with Crippen LogP contribution >= 0.6 is 15.9 Å². The topological polar surface area (TPSA) is 56.3 Å². The van der Waals surface area contributed by atoms with Gasteiger partial charge in [-0.1, -0.05) is 46.3 Å². The smallest absolute Gasteiger partial charge is 0.313 e. The quantitative estimate of drug-likeness (QED) is 0.646. The van der Waals surface area contributed by atoms with Crippen molar-refractivity contribution in [2.75, 3.05) is 0 Å². The Labute approximate surface area is 137 Å². The second-order valence-corrected chi connectivity index (χ2v) is 7.23. The molecule has 3 aromatic rings. The van der Waals surface area contributed by atoms with E-state index in [1.54, 1.807) is 48.7 Å². The van der Waals surface area contributed by atoms with E-state index in [1.807, 2.05) is 12.1 Å². The molecule has 0 radical (unpaired) electrons. The molecule has 0 bridgehead atoms. The van der Waals surface area contributed by atoms with E-state index in [0.717, 1.165) is 9.86 Å². The number of aromatic nitrogens is 1. The van der Waals surface area contributed by atoms with Crippen LogP contribution in [0.25, 0.3) is 10.9 Å². The maximum Gasteiger partial charge on any atom is 0.313 e. The van der Waals surface area contributed by atoms with E-state index in [1.165, 1.54) is 0 Å². The average Bonchev–Trinajstić information content (AvgIpc) is 2.49. The van der Waals surface area contributed by atoms with E-state index in [0.29, 0.717) is 11.1 Å². The number of halogens is 1. The molecule has 112 valence electrons. The van der Waals surface area contributed by atoms with Crippen LogP contribution in [0.3, 0.4) is 0 Å². The Balaban J connectivity index is 1.88. The van der Waals surface area contributed by atoms with Gasteiger partial charge in [0.2, 0.25) is 0 Å². The summed E-state index contributed by atoms with van der Waals surface area (Å²) >= 11 is 3.32. The summed E-state index contributed by atoms with van der Waals surface area (Å²) in [5, 5.41) is 0.832. The van der Waals surface area contributed by atoms with Crippen LogP contribution in [-0.4, -0.2) is 13.4 Å². The molecule has 0 atom stereocenters. The Morgan fingerprint density at radius 2 is 1.73 bits per heavy atom. The van der Waals surface area contributed by atoms with Gasteiger partial charge < -0.3 is 4.18 Å². The van der Waals surface area contributed by atoms with E-state index >= 15 is 0 Å². The highest BCUT2D eigenvalue weighted by Gasteiger charge is 2.16. The Bertz CT molecular complexity index is 903. The maximum absolute atomic E-state index is 12.2. The third-order valence-electron chi connectivity index (χ3n) is 3.07. The van der Waals surface area contributed by atoms with Crippen LogP contribution in [0, 0.1) is 0 Å². The number of para-hydroxylation sites is 1. The molecule has 0 aliphatic rings. The van der Waals surface area contributed by atoms with Crippen LogP contribution in [0.2, 0.25) is 0 Å². The van der Waals surface area contributed by atoms with Gasteiger partial charge in [-0.3, -0.25) is 4.98 Å². The summed E-state index contributed by atoms with van der Waals surface area (Å²) in [7, 11) is -3.75. The summed E-state index contributed by atoms with van der Waals surface area (Å²) in [4.78, 5) is 4.19. The van der Waals surface area contributed by atoms with Gasteiger partial charge in [0.1, 0.15) is 11.3 Å². The Kier molecular flexibility index (Phi) is 4.13. The van der Waals surface area contributed by atoms with Gasteiger partial charge in [0, 0.05) is 16.1 Å². The van der Waals surface area contributed by atoms with Gasteiger partial charge >= 0.3 is 10.1 Å².